The van der Waals surface area contributed by atoms with Crippen LogP contribution in [-0.4, -0.2) is 19.8 Å². The first-order valence-corrected chi connectivity index (χ1v) is 8.22. The van der Waals surface area contributed by atoms with Gasteiger partial charge in [0.15, 0.2) is 0 Å². The number of alkyl halides is 1. The molecule has 0 atom stereocenters. The van der Waals surface area contributed by atoms with Crippen molar-refractivity contribution >= 4 is 21.6 Å². The lowest BCUT2D eigenvalue weighted by molar-refractivity contribution is 0.559. The van der Waals surface area contributed by atoms with Gasteiger partial charge in [0.2, 0.25) is 10.0 Å². The molecule has 0 aromatic heterocycles. The van der Waals surface area contributed by atoms with Gasteiger partial charge < -0.3 is 0 Å². The van der Waals surface area contributed by atoms with E-state index in [1.807, 2.05) is 12.1 Å². The van der Waals surface area contributed by atoms with Gasteiger partial charge >= 0.3 is 0 Å². The van der Waals surface area contributed by atoms with Gasteiger partial charge in [-0.3, -0.25) is 0 Å². The van der Waals surface area contributed by atoms with Crippen LogP contribution in [0.1, 0.15) is 31.7 Å². The molecular formula is C13H18ClNO2S. The maximum absolute atomic E-state index is 12.1. The average molecular weight is 288 g/mol. The van der Waals surface area contributed by atoms with Gasteiger partial charge in [0.25, 0.3) is 0 Å². The Morgan fingerprint density at radius 2 is 1.89 bits per heavy atom. The molecule has 0 aliphatic heterocycles. The molecule has 18 heavy (non-hydrogen) atoms. The van der Waals surface area contributed by atoms with Crippen LogP contribution in [0.2, 0.25) is 0 Å². The third-order valence-corrected chi connectivity index (χ3v) is 5.34. The Kier molecular flexibility index (Phi) is 3.99. The fraction of sp³-hybridized carbons (Fsp3) is 0.538. The van der Waals surface area contributed by atoms with Crippen LogP contribution in [0.15, 0.2) is 29.2 Å². The first-order chi connectivity index (χ1) is 8.51. The second-order valence-electron chi connectivity index (χ2n) is 4.91. The van der Waals surface area contributed by atoms with Gasteiger partial charge in [0.05, 0.1) is 4.90 Å². The Balaban J connectivity index is 2.14. The van der Waals surface area contributed by atoms with E-state index < -0.39 is 15.6 Å². The minimum absolute atomic E-state index is 0.318. The average Bonchev–Trinajstić information content (AvgIpc) is 3.10. The Bertz CT molecular complexity index is 506. The largest absolute Gasteiger partial charge is 0.241 e. The van der Waals surface area contributed by atoms with Crippen molar-refractivity contribution in [2.24, 2.45) is 0 Å². The van der Waals surface area contributed by atoms with Crippen LogP contribution in [-0.2, 0) is 16.4 Å². The second-order valence-corrected chi connectivity index (χ2v) is 6.86. The van der Waals surface area contributed by atoms with Crippen molar-refractivity contribution in [1.82, 2.24) is 4.72 Å². The van der Waals surface area contributed by atoms with Crippen LogP contribution in [0.3, 0.4) is 0 Å². The number of halogens is 1. The van der Waals surface area contributed by atoms with Gasteiger partial charge in [0, 0.05) is 11.4 Å². The van der Waals surface area contributed by atoms with Crippen molar-refractivity contribution in [3.8, 4) is 0 Å². The number of rotatable bonds is 6. The van der Waals surface area contributed by atoms with E-state index in [1.54, 1.807) is 12.1 Å². The SMILES string of the molecule is CCCc1ccc(S(=O)(=O)NC2(CCl)CC2)cc1. The summed E-state index contributed by atoms with van der Waals surface area (Å²) >= 11 is 5.79. The summed E-state index contributed by atoms with van der Waals surface area (Å²) in [4.78, 5) is 0.318. The molecule has 1 aromatic carbocycles. The lowest BCUT2D eigenvalue weighted by atomic mass is 10.1. The fourth-order valence-electron chi connectivity index (χ4n) is 1.88. The number of nitrogens with one attached hydrogen (secondary N) is 1. The molecule has 1 saturated carbocycles. The zero-order valence-electron chi connectivity index (χ0n) is 10.4. The van der Waals surface area contributed by atoms with Gasteiger partial charge in [-0.1, -0.05) is 25.5 Å². The summed E-state index contributed by atoms with van der Waals surface area (Å²) in [5.74, 6) is 0.333. The zero-order chi connectivity index (χ0) is 13.2. The molecule has 0 unspecified atom stereocenters. The van der Waals surface area contributed by atoms with E-state index in [0.29, 0.717) is 10.8 Å². The number of sulfonamides is 1. The summed E-state index contributed by atoms with van der Waals surface area (Å²) in [6.45, 7) is 2.10. The first kappa shape index (κ1) is 13.8. The van der Waals surface area contributed by atoms with Crippen LogP contribution >= 0.6 is 11.6 Å². The van der Waals surface area contributed by atoms with E-state index >= 15 is 0 Å². The molecule has 5 heteroatoms. The normalized spacial score (nSPS) is 17.7. The molecule has 0 amide bonds. The summed E-state index contributed by atoms with van der Waals surface area (Å²) in [7, 11) is -3.43. The molecule has 1 fully saturated rings. The molecule has 1 aliphatic rings. The van der Waals surface area contributed by atoms with Crippen LogP contribution in [0.5, 0.6) is 0 Å². The Morgan fingerprint density at radius 1 is 1.28 bits per heavy atom. The summed E-state index contributed by atoms with van der Waals surface area (Å²) in [5.41, 5.74) is 0.762. The van der Waals surface area contributed by atoms with Crippen LogP contribution in [0.25, 0.3) is 0 Å². The molecule has 1 aromatic rings. The standard InChI is InChI=1S/C13H18ClNO2S/c1-2-3-11-4-6-12(7-5-11)18(16,17)15-13(10-14)8-9-13/h4-7,15H,2-3,8-10H2,1H3. The molecule has 0 bridgehead atoms. The van der Waals surface area contributed by atoms with Gasteiger partial charge in [0.1, 0.15) is 0 Å². The highest BCUT2D eigenvalue weighted by atomic mass is 35.5. The molecule has 100 valence electrons. The quantitative estimate of drug-likeness (QED) is 0.818. The molecule has 0 radical (unpaired) electrons. The number of hydrogen-bond donors (Lipinski definition) is 1. The molecule has 0 spiro atoms. The Morgan fingerprint density at radius 3 is 2.33 bits per heavy atom. The van der Waals surface area contributed by atoms with Crippen molar-refractivity contribution in [1.29, 1.82) is 0 Å². The monoisotopic (exact) mass is 287 g/mol. The van der Waals surface area contributed by atoms with Gasteiger partial charge in [-0.05, 0) is 37.0 Å². The lowest BCUT2D eigenvalue weighted by Gasteiger charge is -2.14. The number of benzene rings is 1. The zero-order valence-corrected chi connectivity index (χ0v) is 12.0. The molecular weight excluding hydrogens is 270 g/mol. The predicted molar refractivity (Wildman–Crippen MR) is 73.4 cm³/mol. The molecule has 1 N–H and O–H groups in total. The van der Waals surface area contributed by atoms with Gasteiger partial charge in [-0.15, -0.1) is 11.6 Å². The highest BCUT2D eigenvalue weighted by Gasteiger charge is 2.45. The molecule has 2 rings (SSSR count). The topological polar surface area (TPSA) is 46.2 Å². The lowest BCUT2D eigenvalue weighted by Crippen LogP contribution is -2.38. The number of hydrogen-bond acceptors (Lipinski definition) is 2. The van der Waals surface area contributed by atoms with Crippen LogP contribution < -0.4 is 4.72 Å². The predicted octanol–water partition coefficient (Wildman–Crippen LogP) is 2.69. The van der Waals surface area contributed by atoms with Crippen molar-refractivity contribution < 1.29 is 8.42 Å². The summed E-state index contributed by atoms with van der Waals surface area (Å²) in [6.07, 6.45) is 3.67. The molecule has 1 aliphatic carbocycles. The number of aryl methyl sites for hydroxylation is 1. The van der Waals surface area contributed by atoms with E-state index in [2.05, 4.69) is 11.6 Å². The Labute approximate surface area is 114 Å². The minimum Gasteiger partial charge on any atom is -0.207 e. The highest BCUT2D eigenvalue weighted by molar-refractivity contribution is 7.89. The van der Waals surface area contributed by atoms with E-state index in [-0.39, 0.29) is 0 Å². The van der Waals surface area contributed by atoms with Crippen LogP contribution in [0.4, 0.5) is 0 Å². The maximum atomic E-state index is 12.1. The van der Waals surface area contributed by atoms with Gasteiger partial charge in [-0.25, -0.2) is 13.1 Å². The van der Waals surface area contributed by atoms with Crippen LogP contribution in [0, 0.1) is 0 Å². The first-order valence-electron chi connectivity index (χ1n) is 6.20. The Hall–Kier alpha value is -0.580. The summed E-state index contributed by atoms with van der Waals surface area (Å²) in [5, 5.41) is 0. The summed E-state index contributed by atoms with van der Waals surface area (Å²) < 4.78 is 27.0. The van der Waals surface area contributed by atoms with Gasteiger partial charge in [-0.2, -0.15) is 0 Å². The summed E-state index contributed by atoms with van der Waals surface area (Å²) in [6, 6.07) is 7.08. The smallest absolute Gasteiger partial charge is 0.207 e. The van der Waals surface area contributed by atoms with Crippen molar-refractivity contribution in [3.05, 3.63) is 29.8 Å². The minimum atomic E-state index is -3.43. The van der Waals surface area contributed by atoms with Crippen molar-refractivity contribution in [3.63, 3.8) is 0 Å². The van der Waals surface area contributed by atoms with E-state index in [4.69, 9.17) is 11.6 Å². The molecule has 0 heterocycles. The van der Waals surface area contributed by atoms with Crippen molar-refractivity contribution in [2.75, 3.05) is 5.88 Å². The molecule has 3 nitrogen and oxygen atoms in total. The maximum Gasteiger partial charge on any atom is 0.241 e. The van der Waals surface area contributed by atoms with Crippen molar-refractivity contribution in [2.45, 2.75) is 43.0 Å². The third kappa shape index (κ3) is 3.05. The second kappa shape index (κ2) is 5.19. The molecule has 0 saturated heterocycles. The fourth-order valence-corrected chi connectivity index (χ4v) is 3.75. The van der Waals surface area contributed by atoms with E-state index in [0.717, 1.165) is 31.2 Å². The third-order valence-electron chi connectivity index (χ3n) is 3.23. The van der Waals surface area contributed by atoms with E-state index in [9.17, 15) is 8.42 Å². The van der Waals surface area contributed by atoms with E-state index in [1.165, 1.54) is 0 Å². The highest BCUT2D eigenvalue weighted by Crippen LogP contribution is 2.37.